The molecule has 0 amide bonds. The summed E-state index contributed by atoms with van der Waals surface area (Å²) in [5.41, 5.74) is 2.28. The average Bonchev–Trinajstić information content (AvgIpc) is 2.36. The van der Waals surface area contributed by atoms with Gasteiger partial charge >= 0.3 is 0 Å². The van der Waals surface area contributed by atoms with E-state index in [1.165, 1.54) is 5.56 Å². The van der Waals surface area contributed by atoms with Gasteiger partial charge in [0.05, 0.1) is 0 Å². The Labute approximate surface area is 117 Å². The molecule has 0 saturated carbocycles. The fraction of sp³-hybridized carbons (Fsp3) is 0.214. The van der Waals surface area contributed by atoms with Crippen LogP contribution in [0.15, 0.2) is 42.7 Å². The Balaban J connectivity index is 1.99. The summed E-state index contributed by atoms with van der Waals surface area (Å²) < 4.78 is 0. The van der Waals surface area contributed by atoms with E-state index in [0.29, 0.717) is 10.0 Å². The molecule has 1 atom stereocenters. The Bertz CT molecular complexity index is 494. The van der Waals surface area contributed by atoms with E-state index >= 15 is 0 Å². The molecule has 0 spiro atoms. The molecule has 2 aromatic rings. The van der Waals surface area contributed by atoms with E-state index in [2.05, 4.69) is 17.2 Å². The number of aromatic nitrogens is 1. The summed E-state index contributed by atoms with van der Waals surface area (Å²) in [6.45, 7) is 2.84. The lowest BCUT2D eigenvalue weighted by atomic mass is 10.1. The predicted molar refractivity (Wildman–Crippen MR) is 76.0 cm³/mol. The van der Waals surface area contributed by atoms with Crippen LogP contribution >= 0.6 is 23.2 Å². The number of benzene rings is 1. The molecule has 1 heterocycles. The van der Waals surface area contributed by atoms with Crippen LogP contribution in [0.2, 0.25) is 10.0 Å². The van der Waals surface area contributed by atoms with Gasteiger partial charge in [0.1, 0.15) is 0 Å². The van der Waals surface area contributed by atoms with Crippen molar-refractivity contribution in [2.75, 3.05) is 0 Å². The van der Waals surface area contributed by atoms with Crippen molar-refractivity contribution in [1.29, 1.82) is 0 Å². The fourth-order valence-corrected chi connectivity index (χ4v) is 2.33. The van der Waals surface area contributed by atoms with E-state index in [1.54, 1.807) is 18.5 Å². The van der Waals surface area contributed by atoms with Gasteiger partial charge < -0.3 is 5.32 Å². The van der Waals surface area contributed by atoms with Crippen molar-refractivity contribution in [2.45, 2.75) is 19.5 Å². The van der Waals surface area contributed by atoms with E-state index in [0.717, 1.165) is 12.1 Å². The molecule has 0 fully saturated rings. The first kappa shape index (κ1) is 13.3. The van der Waals surface area contributed by atoms with Crippen molar-refractivity contribution < 1.29 is 0 Å². The monoisotopic (exact) mass is 280 g/mol. The summed E-state index contributed by atoms with van der Waals surface area (Å²) >= 11 is 11.9. The Morgan fingerprint density at radius 2 is 1.72 bits per heavy atom. The van der Waals surface area contributed by atoms with E-state index in [1.807, 2.05) is 24.3 Å². The number of halogens is 2. The van der Waals surface area contributed by atoms with Crippen LogP contribution in [0, 0.1) is 0 Å². The summed E-state index contributed by atoms with van der Waals surface area (Å²) in [5, 5.41) is 4.75. The molecule has 0 radical (unpaired) electrons. The van der Waals surface area contributed by atoms with Crippen molar-refractivity contribution in [3.63, 3.8) is 0 Å². The van der Waals surface area contributed by atoms with E-state index < -0.39 is 0 Å². The van der Waals surface area contributed by atoms with Crippen LogP contribution < -0.4 is 5.32 Å². The normalized spacial score (nSPS) is 12.4. The van der Waals surface area contributed by atoms with Crippen LogP contribution in [0.4, 0.5) is 0 Å². The largest absolute Gasteiger partial charge is 0.306 e. The lowest BCUT2D eigenvalue weighted by molar-refractivity contribution is 0.574. The van der Waals surface area contributed by atoms with Crippen LogP contribution in [0.5, 0.6) is 0 Å². The molecule has 2 nitrogen and oxygen atoms in total. The van der Waals surface area contributed by atoms with Crippen molar-refractivity contribution in [1.82, 2.24) is 10.3 Å². The first-order valence-corrected chi connectivity index (χ1v) is 6.49. The summed E-state index contributed by atoms with van der Waals surface area (Å²) in [4.78, 5) is 4.01. The second kappa shape index (κ2) is 6.19. The number of pyridine rings is 1. The fourth-order valence-electron chi connectivity index (χ4n) is 1.75. The third-order valence-corrected chi connectivity index (χ3v) is 3.18. The number of hydrogen-bond acceptors (Lipinski definition) is 2. The zero-order valence-corrected chi connectivity index (χ0v) is 11.5. The third kappa shape index (κ3) is 3.70. The number of rotatable bonds is 4. The number of hydrogen-bond donors (Lipinski definition) is 1. The Morgan fingerprint density at radius 3 is 2.33 bits per heavy atom. The maximum absolute atomic E-state index is 5.96. The van der Waals surface area contributed by atoms with Gasteiger partial charge in [-0.1, -0.05) is 23.2 Å². The van der Waals surface area contributed by atoms with Gasteiger partial charge in [-0.05, 0) is 48.4 Å². The summed E-state index contributed by atoms with van der Waals surface area (Å²) in [5.74, 6) is 0. The molecule has 4 heteroatoms. The summed E-state index contributed by atoms with van der Waals surface area (Å²) in [6, 6.07) is 9.83. The first-order chi connectivity index (χ1) is 8.65. The molecule has 1 aromatic heterocycles. The maximum Gasteiger partial charge on any atom is 0.0424 e. The second-order valence-corrected chi connectivity index (χ2v) is 5.03. The van der Waals surface area contributed by atoms with Crippen molar-refractivity contribution in [3.05, 3.63) is 63.9 Å². The number of nitrogens with zero attached hydrogens (tertiary/aromatic N) is 1. The first-order valence-electron chi connectivity index (χ1n) is 5.73. The minimum Gasteiger partial charge on any atom is -0.306 e. The highest BCUT2D eigenvalue weighted by Gasteiger charge is 2.05. The Kier molecular flexibility index (Phi) is 4.59. The summed E-state index contributed by atoms with van der Waals surface area (Å²) in [6.07, 6.45) is 3.59. The lowest BCUT2D eigenvalue weighted by Crippen LogP contribution is -2.18. The molecule has 1 aromatic carbocycles. The molecule has 0 aliphatic heterocycles. The molecule has 0 saturated heterocycles. The molecule has 2 rings (SSSR count). The SMILES string of the molecule is CC(NCc1cc(Cl)cc(Cl)c1)c1ccncc1. The van der Waals surface area contributed by atoms with Crippen LogP contribution in [0.1, 0.15) is 24.1 Å². The molecular formula is C14H14Cl2N2. The van der Waals surface area contributed by atoms with Crippen molar-refractivity contribution in [2.24, 2.45) is 0 Å². The van der Waals surface area contributed by atoms with Gasteiger partial charge in [0.15, 0.2) is 0 Å². The van der Waals surface area contributed by atoms with Crippen LogP contribution in [-0.2, 0) is 6.54 Å². The minimum absolute atomic E-state index is 0.255. The molecule has 0 bridgehead atoms. The van der Waals surface area contributed by atoms with Crippen LogP contribution in [0.3, 0.4) is 0 Å². The Hall–Kier alpha value is -1.09. The average molecular weight is 281 g/mol. The highest BCUT2D eigenvalue weighted by Crippen LogP contribution is 2.19. The van der Waals surface area contributed by atoms with Crippen molar-refractivity contribution >= 4 is 23.2 Å². The molecule has 0 aliphatic rings. The van der Waals surface area contributed by atoms with Gasteiger partial charge in [-0.3, -0.25) is 4.98 Å². The third-order valence-electron chi connectivity index (χ3n) is 2.74. The van der Waals surface area contributed by atoms with Gasteiger partial charge in [0.25, 0.3) is 0 Å². The molecule has 0 aliphatic carbocycles. The molecule has 94 valence electrons. The van der Waals surface area contributed by atoms with Gasteiger partial charge in [0, 0.05) is 35.0 Å². The lowest BCUT2D eigenvalue weighted by Gasteiger charge is -2.14. The van der Waals surface area contributed by atoms with Gasteiger partial charge in [-0.25, -0.2) is 0 Å². The van der Waals surface area contributed by atoms with E-state index in [-0.39, 0.29) is 6.04 Å². The Morgan fingerprint density at radius 1 is 1.11 bits per heavy atom. The smallest absolute Gasteiger partial charge is 0.0424 e. The van der Waals surface area contributed by atoms with Crippen molar-refractivity contribution in [3.8, 4) is 0 Å². The van der Waals surface area contributed by atoms with Crippen LogP contribution in [-0.4, -0.2) is 4.98 Å². The molecule has 18 heavy (non-hydrogen) atoms. The maximum atomic E-state index is 5.96. The minimum atomic E-state index is 0.255. The van der Waals surface area contributed by atoms with Gasteiger partial charge in [-0.2, -0.15) is 0 Å². The predicted octanol–water partition coefficient (Wildman–Crippen LogP) is 4.24. The summed E-state index contributed by atoms with van der Waals surface area (Å²) in [7, 11) is 0. The van der Waals surface area contributed by atoms with E-state index in [9.17, 15) is 0 Å². The highest BCUT2D eigenvalue weighted by atomic mass is 35.5. The standard InChI is InChI=1S/C14H14Cl2N2/c1-10(12-2-4-17-5-3-12)18-9-11-6-13(15)8-14(16)7-11/h2-8,10,18H,9H2,1H3. The highest BCUT2D eigenvalue weighted by molar-refractivity contribution is 6.34. The zero-order chi connectivity index (χ0) is 13.0. The molecule has 1 N–H and O–H groups in total. The topological polar surface area (TPSA) is 24.9 Å². The molecular weight excluding hydrogens is 267 g/mol. The quantitative estimate of drug-likeness (QED) is 0.906. The molecule has 1 unspecified atom stereocenters. The van der Waals surface area contributed by atoms with Gasteiger partial charge in [0.2, 0.25) is 0 Å². The van der Waals surface area contributed by atoms with Crippen LogP contribution in [0.25, 0.3) is 0 Å². The van der Waals surface area contributed by atoms with E-state index in [4.69, 9.17) is 23.2 Å². The second-order valence-electron chi connectivity index (χ2n) is 4.16. The van der Waals surface area contributed by atoms with Gasteiger partial charge in [-0.15, -0.1) is 0 Å². The zero-order valence-electron chi connectivity index (χ0n) is 10.0. The number of nitrogens with one attached hydrogen (secondary N) is 1.